The van der Waals surface area contributed by atoms with Crippen LogP contribution in [0.1, 0.15) is 41.8 Å². The smallest absolute Gasteiger partial charge is 0.250 e. The average Bonchev–Trinajstić information content (AvgIpc) is 3.03. The lowest BCUT2D eigenvalue weighted by molar-refractivity contribution is 0.1000. The summed E-state index contributed by atoms with van der Waals surface area (Å²) < 4.78 is 16.3. The van der Waals surface area contributed by atoms with Crippen molar-refractivity contribution in [2.45, 2.75) is 33.4 Å². The van der Waals surface area contributed by atoms with Crippen molar-refractivity contribution in [2.24, 2.45) is 5.73 Å². The minimum Gasteiger partial charge on any atom is -0.366 e. The number of aromatic nitrogens is 5. The Hall–Kier alpha value is -3.36. The fraction of sp³-hybridized carbons (Fsp3) is 0.278. The van der Waals surface area contributed by atoms with Gasteiger partial charge in [0.1, 0.15) is 11.5 Å². The van der Waals surface area contributed by atoms with Gasteiger partial charge < -0.3 is 15.6 Å². The molecule has 3 N–H and O–H groups in total. The van der Waals surface area contributed by atoms with Crippen molar-refractivity contribution < 1.29 is 9.18 Å². The fourth-order valence-electron chi connectivity index (χ4n) is 2.76. The molecule has 1 amide bonds. The van der Waals surface area contributed by atoms with Gasteiger partial charge in [0, 0.05) is 12.2 Å². The largest absolute Gasteiger partial charge is 0.366 e. The minimum atomic E-state index is -0.537. The number of nitrogens with zero attached hydrogens (tertiary/aromatic N) is 5. The Morgan fingerprint density at radius 1 is 1.22 bits per heavy atom. The molecule has 0 aliphatic rings. The van der Waals surface area contributed by atoms with Crippen molar-refractivity contribution in [1.29, 1.82) is 0 Å². The summed E-state index contributed by atoms with van der Waals surface area (Å²) in [6.07, 6.45) is 4.14. The highest BCUT2D eigenvalue weighted by Gasteiger charge is 2.17. The normalized spacial score (nSPS) is 11.0. The monoisotopic (exact) mass is 369 g/mol. The van der Waals surface area contributed by atoms with Crippen LogP contribution in [0.2, 0.25) is 0 Å². The number of hydrogen-bond donors (Lipinski definition) is 2. The number of nitrogens with two attached hydrogens (primary N) is 1. The van der Waals surface area contributed by atoms with Gasteiger partial charge in [0.2, 0.25) is 11.9 Å². The zero-order valence-corrected chi connectivity index (χ0v) is 15.3. The number of pyridine rings is 1. The van der Waals surface area contributed by atoms with Gasteiger partial charge in [0.25, 0.3) is 0 Å². The highest BCUT2D eigenvalue weighted by molar-refractivity contribution is 5.92. The molecule has 27 heavy (non-hydrogen) atoms. The van der Waals surface area contributed by atoms with E-state index in [4.69, 9.17) is 5.73 Å². The SMILES string of the molecule is Cc1ncc(-c2nc(NCc3ccc(C(N)=O)cn3)ncc2F)n1C(C)C. The van der Waals surface area contributed by atoms with Crippen LogP contribution in [-0.4, -0.2) is 30.4 Å². The van der Waals surface area contributed by atoms with Crippen LogP contribution >= 0.6 is 0 Å². The Bertz CT molecular complexity index is 966. The number of imidazole rings is 1. The molecular formula is C18H20FN7O. The fourth-order valence-corrected chi connectivity index (χ4v) is 2.76. The maximum atomic E-state index is 14.3. The van der Waals surface area contributed by atoms with Crippen LogP contribution in [0, 0.1) is 12.7 Å². The Morgan fingerprint density at radius 2 is 2.00 bits per heavy atom. The van der Waals surface area contributed by atoms with Crippen molar-refractivity contribution in [3.63, 3.8) is 0 Å². The van der Waals surface area contributed by atoms with E-state index < -0.39 is 11.7 Å². The highest BCUT2D eigenvalue weighted by Crippen LogP contribution is 2.25. The van der Waals surface area contributed by atoms with Crippen molar-refractivity contribution in [3.8, 4) is 11.4 Å². The van der Waals surface area contributed by atoms with E-state index in [1.54, 1.807) is 18.3 Å². The molecule has 0 aliphatic carbocycles. The van der Waals surface area contributed by atoms with Crippen LogP contribution < -0.4 is 11.1 Å². The molecule has 9 heteroatoms. The molecule has 0 fully saturated rings. The summed E-state index contributed by atoms with van der Waals surface area (Å²) in [5.41, 5.74) is 6.96. The van der Waals surface area contributed by atoms with Crippen molar-refractivity contribution >= 4 is 11.9 Å². The number of amides is 1. The second kappa shape index (κ2) is 7.48. The van der Waals surface area contributed by atoms with Crippen LogP contribution in [0.25, 0.3) is 11.4 Å². The van der Waals surface area contributed by atoms with Crippen molar-refractivity contribution in [1.82, 2.24) is 24.5 Å². The van der Waals surface area contributed by atoms with Gasteiger partial charge in [-0.15, -0.1) is 0 Å². The standard InChI is InChI=1S/C18H20FN7O/c1-10(2)26-11(3)21-9-15(26)16-14(19)8-24-18(25-16)23-7-13-5-4-12(6-22-13)17(20)27/h4-6,8-10H,7H2,1-3H3,(H2,20,27)(H,23,24,25). The summed E-state index contributed by atoms with van der Waals surface area (Å²) in [6.45, 7) is 6.17. The quantitative estimate of drug-likeness (QED) is 0.690. The van der Waals surface area contributed by atoms with E-state index in [1.807, 2.05) is 25.3 Å². The molecule has 0 bridgehead atoms. The number of anilines is 1. The number of aryl methyl sites for hydroxylation is 1. The zero-order chi connectivity index (χ0) is 19.6. The molecule has 0 aromatic carbocycles. The molecule has 3 aromatic rings. The van der Waals surface area contributed by atoms with Gasteiger partial charge in [-0.1, -0.05) is 0 Å². The first-order valence-corrected chi connectivity index (χ1v) is 8.42. The summed E-state index contributed by atoms with van der Waals surface area (Å²) in [6, 6.07) is 3.38. The molecule has 3 heterocycles. The van der Waals surface area contributed by atoms with Gasteiger partial charge in [-0.2, -0.15) is 0 Å². The average molecular weight is 369 g/mol. The van der Waals surface area contributed by atoms with Crippen LogP contribution in [-0.2, 0) is 6.54 Å². The molecule has 3 rings (SSSR count). The molecule has 0 atom stereocenters. The van der Waals surface area contributed by atoms with E-state index in [0.717, 1.165) is 12.0 Å². The summed E-state index contributed by atoms with van der Waals surface area (Å²) in [4.78, 5) is 27.8. The number of carbonyl (C=O) groups is 1. The number of nitrogens with one attached hydrogen (secondary N) is 1. The first-order chi connectivity index (χ1) is 12.9. The predicted molar refractivity (Wildman–Crippen MR) is 98.4 cm³/mol. The number of carbonyl (C=O) groups excluding carboxylic acids is 1. The van der Waals surface area contributed by atoms with Gasteiger partial charge in [-0.25, -0.2) is 19.3 Å². The van der Waals surface area contributed by atoms with Crippen LogP contribution in [0.3, 0.4) is 0 Å². The van der Waals surface area contributed by atoms with Crippen LogP contribution in [0.5, 0.6) is 0 Å². The topological polar surface area (TPSA) is 112 Å². The van der Waals surface area contributed by atoms with E-state index in [1.165, 1.54) is 6.20 Å². The Labute approximate surface area is 155 Å². The van der Waals surface area contributed by atoms with E-state index in [0.29, 0.717) is 23.5 Å². The van der Waals surface area contributed by atoms with Crippen LogP contribution in [0.4, 0.5) is 10.3 Å². The molecule has 0 saturated carbocycles. The Balaban J connectivity index is 1.83. The third kappa shape index (κ3) is 3.91. The maximum Gasteiger partial charge on any atom is 0.250 e. The first-order valence-electron chi connectivity index (χ1n) is 8.42. The molecule has 0 radical (unpaired) electrons. The van der Waals surface area contributed by atoms with Gasteiger partial charge in [0.15, 0.2) is 5.82 Å². The van der Waals surface area contributed by atoms with E-state index >= 15 is 0 Å². The van der Waals surface area contributed by atoms with E-state index in [9.17, 15) is 9.18 Å². The highest BCUT2D eigenvalue weighted by atomic mass is 19.1. The van der Waals surface area contributed by atoms with Crippen molar-refractivity contribution in [2.75, 3.05) is 5.32 Å². The number of primary amides is 1. The lowest BCUT2D eigenvalue weighted by atomic mass is 10.2. The molecule has 0 aliphatic heterocycles. The van der Waals surface area contributed by atoms with E-state index in [2.05, 4.69) is 25.3 Å². The lowest BCUT2D eigenvalue weighted by Gasteiger charge is -2.14. The Morgan fingerprint density at radius 3 is 2.63 bits per heavy atom. The summed E-state index contributed by atoms with van der Waals surface area (Å²) in [7, 11) is 0. The summed E-state index contributed by atoms with van der Waals surface area (Å²) in [5, 5.41) is 3.01. The molecule has 0 saturated heterocycles. The second-order valence-corrected chi connectivity index (χ2v) is 6.30. The molecular weight excluding hydrogens is 349 g/mol. The van der Waals surface area contributed by atoms with Gasteiger partial charge in [0.05, 0.1) is 35.9 Å². The van der Waals surface area contributed by atoms with Crippen LogP contribution in [0.15, 0.2) is 30.7 Å². The molecule has 8 nitrogen and oxygen atoms in total. The molecule has 3 aromatic heterocycles. The second-order valence-electron chi connectivity index (χ2n) is 6.30. The van der Waals surface area contributed by atoms with Gasteiger partial charge in [-0.3, -0.25) is 9.78 Å². The first kappa shape index (κ1) is 18.4. The molecule has 140 valence electrons. The summed E-state index contributed by atoms with van der Waals surface area (Å²) in [5.74, 6) is -0.00976. The number of halogens is 1. The van der Waals surface area contributed by atoms with Gasteiger partial charge in [-0.05, 0) is 32.9 Å². The van der Waals surface area contributed by atoms with E-state index in [-0.39, 0.29) is 17.7 Å². The summed E-state index contributed by atoms with van der Waals surface area (Å²) >= 11 is 0. The molecule has 0 spiro atoms. The lowest BCUT2D eigenvalue weighted by Crippen LogP contribution is -2.12. The number of hydrogen-bond acceptors (Lipinski definition) is 6. The predicted octanol–water partition coefficient (Wildman–Crippen LogP) is 2.47. The van der Waals surface area contributed by atoms with Gasteiger partial charge >= 0.3 is 0 Å². The van der Waals surface area contributed by atoms with Crippen molar-refractivity contribution in [3.05, 3.63) is 53.6 Å². The molecule has 0 unspecified atom stereocenters. The maximum absolute atomic E-state index is 14.3. The third-order valence-electron chi connectivity index (χ3n) is 4.02. The zero-order valence-electron chi connectivity index (χ0n) is 15.3. The minimum absolute atomic E-state index is 0.112. The third-order valence-corrected chi connectivity index (χ3v) is 4.02. The Kier molecular flexibility index (Phi) is 5.11. The number of rotatable bonds is 6.